The summed E-state index contributed by atoms with van der Waals surface area (Å²) in [5, 5.41) is 15.8. The summed E-state index contributed by atoms with van der Waals surface area (Å²) < 4.78 is 0. The lowest BCUT2D eigenvalue weighted by Crippen LogP contribution is -2.43. The normalized spacial score (nSPS) is 14.1. The molecular weight excluding hydrogens is 390 g/mol. The first kappa shape index (κ1) is 22.8. The highest BCUT2D eigenvalue weighted by Gasteiger charge is 2.25. The molecule has 0 radical (unpaired) electrons. The Labute approximate surface area is 184 Å². The predicted molar refractivity (Wildman–Crippen MR) is 123 cm³/mol. The lowest BCUT2D eigenvalue weighted by Gasteiger charge is -2.28. The number of nitrogens with one attached hydrogen (secondary N) is 2. The minimum Gasteiger partial charge on any atom is -0.508 e. The van der Waals surface area contributed by atoms with Crippen LogP contribution in [0.5, 0.6) is 5.75 Å². The van der Waals surface area contributed by atoms with Crippen LogP contribution in [-0.2, 0) is 16.1 Å². The van der Waals surface area contributed by atoms with Gasteiger partial charge in [-0.25, -0.2) is 0 Å². The van der Waals surface area contributed by atoms with Crippen molar-refractivity contribution in [2.24, 2.45) is 0 Å². The van der Waals surface area contributed by atoms with Crippen molar-refractivity contribution in [1.29, 1.82) is 0 Å². The summed E-state index contributed by atoms with van der Waals surface area (Å²) in [6.45, 7) is 6.60. The van der Waals surface area contributed by atoms with Crippen LogP contribution in [-0.4, -0.2) is 41.0 Å². The van der Waals surface area contributed by atoms with E-state index in [0.717, 1.165) is 53.6 Å². The summed E-state index contributed by atoms with van der Waals surface area (Å²) in [6.07, 6.45) is 4.41. The van der Waals surface area contributed by atoms with E-state index in [-0.39, 0.29) is 30.7 Å². The van der Waals surface area contributed by atoms with Gasteiger partial charge in [0.2, 0.25) is 11.8 Å². The number of benzene rings is 2. The van der Waals surface area contributed by atoms with E-state index in [0.29, 0.717) is 12.6 Å². The number of hydrogen-bond donors (Lipinski definition) is 3. The van der Waals surface area contributed by atoms with E-state index in [2.05, 4.69) is 15.5 Å². The summed E-state index contributed by atoms with van der Waals surface area (Å²) in [6, 6.07) is 11.6. The summed E-state index contributed by atoms with van der Waals surface area (Å²) in [5.74, 6) is -0.180. The topological polar surface area (TPSA) is 81.7 Å². The van der Waals surface area contributed by atoms with Gasteiger partial charge in [-0.3, -0.25) is 14.5 Å². The van der Waals surface area contributed by atoms with Crippen molar-refractivity contribution < 1.29 is 14.7 Å². The highest BCUT2D eigenvalue weighted by atomic mass is 16.3. The fourth-order valence-electron chi connectivity index (χ4n) is 4.43. The van der Waals surface area contributed by atoms with Crippen molar-refractivity contribution in [3.8, 4) is 5.75 Å². The molecule has 2 aromatic rings. The Kier molecular flexibility index (Phi) is 7.69. The molecule has 0 spiro atoms. The average Bonchev–Trinajstić information content (AvgIpc) is 3.25. The van der Waals surface area contributed by atoms with E-state index in [4.69, 9.17) is 0 Å². The molecule has 0 bridgehead atoms. The van der Waals surface area contributed by atoms with Crippen LogP contribution in [0.2, 0.25) is 0 Å². The van der Waals surface area contributed by atoms with Crippen LogP contribution in [0.25, 0.3) is 0 Å². The minimum absolute atomic E-state index is 0.0688. The summed E-state index contributed by atoms with van der Waals surface area (Å²) in [5.41, 5.74) is 4.78. The highest BCUT2D eigenvalue weighted by Crippen LogP contribution is 2.27. The number of carbonyl (C=O) groups excluding carboxylic acids is 2. The molecule has 0 heterocycles. The second-order valence-electron chi connectivity index (χ2n) is 8.57. The van der Waals surface area contributed by atoms with E-state index in [1.165, 1.54) is 0 Å². The van der Waals surface area contributed by atoms with Crippen LogP contribution >= 0.6 is 0 Å². The molecule has 0 aliphatic heterocycles. The van der Waals surface area contributed by atoms with E-state index in [1.807, 2.05) is 45.0 Å². The van der Waals surface area contributed by atoms with Crippen LogP contribution < -0.4 is 10.6 Å². The van der Waals surface area contributed by atoms with Crippen LogP contribution in [0.4, 0.5) is 5.69 Å². The third-order valence-electron chi connectivity index (χ3n) is 5.94. The number of phenols is 1. The van der Waals surface area contributed by atoms with Crippen LogP contribution in [0.1, 0.15) is 47.9 Å². The fourth-order valence-corrected chi connectivity index (χ4v) is 4.43. The first-order valence-corrected chi connectivity index (χ1v) is 11.0. The summed E-state index contributed by atoms with van der Waals surface area (Å²) >= 11 is 0. The molecule has 166 valence electrons. The largest absolute Gasteiger partial charge is 0.508 e. The number of aromatic hydroxyl groups is 1. The number of para-hydroxylation sites is 1. The number of nitrogens with zero attached hydrogens (tertiary/aromatic N) is 1. The van der Waals surface area contributed by atoms with Gasteiger partial charge >= 0.3 is 0 Å². The molecule has 0 atom stereocenters. The lowest BCUT2D eigenvalue weighted by molar-refractivity contribution is -0.125. The first-order chi connectivity index (χ1) is 14.8. The zero-order valence-electron chi connectivity index (χ0n) is 18.7. The minimum atomic E-state index is -0.239. The van der Waals surface area contributed by atoms with Crippen molar-refractivity contribution in [2.75, 3.05) is 18.4 Å². The monoisotopic (exact) mass is 423 g/mol. The maximum absolute atomic E-state index is 12.6. The van der Waals surface area contributed by atoms with Gasteiger partial charge < -0.3 is 15.7 Å². The molecule has 2 amide bonds. The first-order valence-electron chi connectivity index (χ1n) is 11.0. The Balaban J connectivity index is 1.57. The van der Waals surface area contributed by atoms with Crippen molar-refractivity contribution in [1.82, 2.24) is 10.2 Å². The third kappa shape index (κ3) is 6.31. The predicted octanol–water partition coefficient (Wildman–Crippen LogP) is 3.82. The average molecular weight is 424 g/mol. The molecule has 31 heavy (non-hydrogen) atoms. The van der Waals surface area contributed by atoms with Gasteiger partial charge in [0.15, 0.2) is 0 Å². The molecule has 1 fully saturated rings. The number of hydrogen-bond acceptors (Lipinski definition) is 4. The van der Waals surface area contributed by atoms with E-state index >= 15 is 0 Å². The van der Waals surface area contributed by atoms with Gasteiger partial charge in [0.05, 0.1) is 13.1 Å². The molecule has 6 nitrogen and oxygen atoms in total. The van der Waals surface area contributed by atoms with E-state index in [9.17, 15) is 14.7 Å². The Morgan fingerprint density at radius 2 is 1.68 bits per heavy atom. The van der Waals surface area contributed by atoms with Crippen LogP contribution in [0.15, 0.2) is 36.4 Å². The van der Waals surface area contributed by atoms with Gasteiger partial charge in [-0.15, -0.1) is 0 Å². The van der Waals surface area contributed by atoms with Crippen molar-refractivity contribution >= 4 is 17.5 Å². The van der Waals surface area contributed by atoms with Gasteiger partial charge in [0.25, 0.3) is 0 Å². The Morgan fingerprint density at radius 1 is 1.03 bits per heavy atom. The Bertz CT molecular complexity index is 912. The van der Waals surface area contributed by atoms with Gasteiger partial charge in [-0.1, -0.05) is 48.7 Å². The number of phenolic OH excluding ortho intramolecular Hbond substituents is 1. The van der Waals surface area contributed by atoms with Gasteiger partial charge in [0, 0.05) is 23.8 Å². The molecule has 0 unspecified atom stereocenters. The van der Waals surface area contributed by atoms with Gasteiger partial charge in [-0.2, -0.15) is 0 Å². The third-order valence-corrected chi connectivity index (χ3v) is 5.94. The molecular formula is C25H33N3O3. The summed E-state index contributed by atoms with van der Waals surface area (Å²) in [4.78, 5) is 27.2. The number of rotatable bonds is 8. The zero-order valence-corrected chi connectivity index (χ0v) is 18.7. The van der Waals surface area contributed by atoms with Crippen molar-refractivity contribution in [2.45, 2.75) is 59.0 Å². The van der Waals surface area contributed by atoms with Gasteiger partial charge in [0.1, 0.15) is 5.75 Å². The molecule has 2 aromatic carbocycles. The SMILES string of the molecule is Cc1cc(C)c(NC(=O)CNC(=O)CN(Cc2ccccc2O)C2CCCC2)c(C)c1. The van der Waals surface area contributed by atoms with Gasteiger partial charge in [-0.05, 0) is 50.8 Å². The molecule has 1 aliphatic carbocycles. The lowest BCUT2D eigenvalue weighted by atomic mass is 10.1. The standard InChI is InChI=1S/C25H33N3O3/c1-17-12-18(2)25(19(3)13-17)27-23(30)14-26-24(31)16-28(21-9-5-6-10-21)15-20-8-4-7-11-22(20)29/h4,7-8,11-13,21,29H,5-6,9-10,14-16H2,1-3H3,(H,26,31)(H,27,30). The van der Waals surface area contributed by atoms with Crippen molar-refractivity contribution in [3.05, 3.63) is 58.7 Å². The number of anilines is 1. The molecule has 1 aliphatic rings. The molecule has 3 rings (SSSR count). The number of carbonyl (C=O) groups is 2. The molecule has 0 aromatic heterocycles. The maximum atomic E-state index is 12.6. The molecule has 6 heteroatoms. The Hall–Kier alpha value is -2.86. The smallest absolute Gasteiger partial charge is 0.243 e. The number of aryl methyl sites for hydroxylation is 3. The fraction of sp³-hybridized carbons (Fsp3) is 0.440. The molecule has 3 N–H and O–H groups in total. The zero-order chi connectivity index (χ0) is 22.4. The Morgan fingerprint density at radius 3 is 2.32 bits per heavy atom. The second-order valence-corrected chi connectivity index (χ2v) is 8.57. The maximum Gasteiger partial charge on any atom is 0.243 e. The van der Waals surface area contributed by atoms with Crippen molar-refractivity contribution in [3.63, 3.8) is 0 Å². The van der Waals surface area contributed by atoms with Crippen LogP contribution in [0, 0.1) is 20.8 Å². The molecule has 0 saturated heterocycles. The number of amides is 2. The van der Waals surface area contributed by atoms with E-state index < -0.39 is 0 Å². The summed E-state index contributed by atoms with van der Waals surface area (Å²) in [7, 11) is 0. The van der Waals surface area contributed by atoms with Crippen LogP contribution in [0.3, 0.4) is 0 Å². The second kappa shape index (κ2) is 10.4. The quantitative estimate of drug-likeness (QED) is 0.603. The molecule has 1 saturated carbocycles. The van der Waals surface area contributed by atoms with E-state index in [1.54, 1.807) is 12.1 Å². The highest BCUT2D eigenvalue weighted by molar-refractivity contribution is 5.96.